The molecule has 1 heterocycles. The Labute approximate surface area is 111 Å². The minimum atomic E-state index is -0.482. The Balaban J connectivity index is 1.95. The van der Waals surface area contributed by atoms with E-state index in [9.17, 15) is 9.18 Å². The molecule has 2 N–H and O–H groups in total. The average Bonchev–Trinajstić information content (AvgIpc) is 2.79. The monoisotopic (exact) mass is 270 g/mol. The van der Waals surface area contributed by atoms with Crippen LogP contribution in [0.5, 0.6) is 0 Å². The van der Waals surface area contributed by atoms with Gasteiger partial charge in [-0.25, -0.2) is 4.39 Å². The van der Waals surface area contributed by atoms with Gasteiger partial charge in [0, 0.05) is 6.54 Å². The minimum absolute atomic E-state index is 0.0274. The van der Waals surface area contributed by atoms with Crippen LogP contribution in [0.25, 0.3) is 0 Å². The number of rotatable bonds is 3. The highest BCUT2D eigenvalue weighted by Gasteiger charge is 2.35. The molecule has 1 aliphatic heterocycles. The second kappa shape index (κ2) is 5.24. The van der Waals surface area contributed by atoms with Crippen LogP contribution in [0.15, 0.2) is 18.2 Å². The molecule has 0 bridgehead atoms. The molecule has 1 unspecified atom stereocenters. The molecule has 1 aromatic rings. The van der Waals surface area contributed by atoms with Gasteiger partial charge in [-0.15, -0.1) is 0 Å². The first-order valence-electron chi connectivity index (χ1n) is 5.98. The maximum atomic E-state index is 13.0. The lowest BCUT2D eigenvalue weighted by molar-refractivity contribution is -0.126. The van der Waals surface area contributed by atoms with Gasteiger partial charge in [0.25, 0.3) is 0 Å². The Morgan fingerprint density at radius 3 is 3.00 bits per heavy atom. The van der Waals surface area contributed by atoms with Crippen molar-refractivity contribution in [3.63, 3.8) is 0 Å². The van der Waals surface area contributed by atoms with E-state index in [0.29, 0.717) is 6.54 Å². The van der Waals surface area contributed by atoms with Crippen LogP contribution in [0.2, 0.25) is 5.02 Å². The normalized spacial score (nSPS) is 23.1. The summed E-state index contributed by atoms with van der Waals surface area (Å²) in [6, 6.07) is 4.45. The molecule has 5 heteroatoms. The summed E-state index contributed by atoms with van der Waals surface area (Å²) in [4.78, 5) is 12.0. The van der Waals surface area contributed by atoms with E-state index in [1.807, 2.05) is 6.92 Å². The van der Waals surface area contributed by atoms with E-state index in [4.69, 9.17) is 11.6 Å². The second-order valence-corrected chi connectivity index (χ2v) is 5.20. The zero-order valence-electron chi connectivity index (χ0n) is 10.2. The molecule has 0 saturated carbocycles. The topological polar surface area (TPSA) is 41.1 Å². The number of amides is 1. The molecule has 1 fully saturated rings. The highest BCUT2D eigenvalue weighted by atomic mass is 35.5. The van der Waals surface area contributed by atoms with Crippen LogP contribution in [-0.2, 0) is 11.3 Å². The first kappa shape index (κ1) is 13.3. The number of hydrogen-bond acceptors (Lipinski definition) is 2. The summed E-state index contributed by atoms with van der Waals surface area (Å²) in [6.07, 6.45) is 1.84. The van der Waals surface area contributed by atoms with Crippen LogP contribution < -0.4 is 10.6 Å². The molecule has 18 heavy (non-hydrogen) atoms. The van der Waals surface area contributed by atoms with Crippen LogP contribution in [0, 0.1) is 5.82 Å². The fourth-order valence-electron chi connectivity index (χ4n) is 2.12. The van der Waals surface area contributed by atoms with Crippen molar-refractivity contribution in [3.8, 4) is 0 Å². The third-order valence-electron chi connectivity index (χ3n) is 3.31. The molecular formula is C13H16ClFN2O. The number of nitrogens with one attached hydrogen (secondary N) is 2. The quantitative estimate of drug-likeness (QED) is 0.884. The fraction of sp³-hybridized carbons (Fsp3) is 0.462. The molecule has 0 aromatic heterocycles. The molecule has 1 amide bonds. The molecule has 1 saturated heterocycles. The van der Waals surface area contributed by atoms with Crippen molar-refractivity contribution in [3.05, 3.63) is 34.6 Å². The zero-order valence-corrected chi connectivity index (χ0v) is 11.0. The summed E-state index contributed by atoms with van der Waals surface area (Å²) in [5, 5.41) is 6.11. The van der Waals surface area contributed by atoms with Gasteiger partial charge in [0.15, 0.2) is 0 Å². The maximum absolute atomic E-state index is 13.0. The van der Waals surface area contributed by atoms with Gasteiger partial charge in [0.2, 0.25) is 5.91 Å². The third kappa shape index (κ3) is 2.82. The fourth-order valence-corrected chi connectivity index (χ4v) is 2.32. The minimum Gasteiger partial charge on any atom is -0.350 e. The smallest absolute Gasteiger partial charge is 0.240 e. The average molecular weight is 271 g/mol. The van der Waals surface area contributed by atoms with Crippen LogP contribution in [0.3, 0.4) is 0 Å². The van der Waals surface area contributed by atoms with E-state index in [0.717, 1.165) is 24.9 Å². The Bertz CT molecular complexity index is 458. The van der Waals surface area contributed by atoms with E-state index in [1.54, 1.807) is 6.07 Å². The summed E-state index contributed by atoms with van der Waals surface area (Å²) in [7, 11) is 0. The van der Waals surface area contributed by atoms with Crippen molar-refractivity contribution in [2.75, 3.05) is 6.54 Å². The largest absolute Gasteiger partial charge is 0.350 e. The highest BCUT2D eigenvalue weighted by molar-refractivity contribution is 6.30. The molecule has 1 aromatic carbocycles. The summed E-state index contributed by atoms with van der Waals surface area (Å²) >= 11 is 5.68. The molecule has 0 radical (unpaired) electrons. The van der Waals surface area contributed by atoms with E-state index < -0.39 is 11.4 Å². The van der Waals surface area contributed by atoms with Crippen molar-refractivity contribution in [1.82, 2.24) is 10.6 Å². The van der Waals surface area contributed by atoms with Crippen molar-refractivity contribution in [1.29, 1.82) is 0 Å². The van der Waals surface area contributed by atoms with Crippen molar-refractivity contribution < 1.29 is 9.18 Å². The lowest BCUT2D eigenvalue weighted by Gasteiger charge is -2.23. The molecule has 0 aliphatic carbocycles. The van der Waals surface area contributed by atoms with E-state index in [-0.39, 0.29) is 10.9 Å². The van der Waals surface area contributed by atoms with Gasteiger partial charge in [-0.2, -0.15) is 0 Å². The summed E-state index contributed by atoms with van der Waals surface area (Å²) in [6.45, 7) is 3.12. The van der Waals surface area contributed by atoms with Gasteiger partial charge in [0.05, 0.1) is 10.6 Å². The van der Waals surface area contributed by atoms with Crippen LogP contribution in [0.1, 0.15) is 25.3 Å². The van der Waals surface area contributed by atoms with Gasteiger partial charge in [-0.1, -0.05) is 17.7 Å². The number of carbonyl (C=O) groups excluding carboxylic acids is 1. The summed E-state index contributed by atoms with van der Waals surface area (Å²) < 4.78 is 13.0. The predicted molar refractivity (Wildman–Crippen MR) is 68.9 cm³/mol. The summed E-state index contributed by atoms with van der Waals surface area (Å²) in [5.41, 5.74) is 0.306. The molecule has 2 rings (SSSR count). The molecule has 3 nitrogen and oxygen atoms in total. The van der Waals surface area contributed by atoms with Crippen LogP contribution >= 0.6 is 11.6 Å². The second-order valence-electron chi connectivity index (χ2n) is 4.79. The first-order chi connectivity index (χ1) is 8.51. The Hall–Kier alpha value is -1.13. The molecule has 1 atom stereocenters. The standard InChI is InChI=1S/C13H16ClFN2O/c1-13(5-2-6-17-13)12(18)16-8-9-3-4-11(15)10(14)7-9/h3-4,7,17H,2,5-6,8H2,1H3,(H,16,18). The summed E-state index contributed by atoms with van der Waals surface area (Å²) in [5.74, 6) is -0.475. The molecule has 98 valence electrons. The van der Waals surface area contributed by atoms with E-state index in [1.165, 1.54) is 12.1 Å². The molecule has 0 spiro atoms. The van der Waals surface area contributed by atoms with Gasteiger partial charge in [-0.3, -0.25) is 4.79 Å². The Kier molecular flexibility index (Phi) is 3.88. The number of halogens is 2. The first-order valence-corrected chi connectivity index (χ1v) is 6.36. The van der Waals surface area contributed by atoms with E-state index in [2.05, 4.69) is 10.6 Å². The van der Waals surface area contributed by atoms with Gasteiger partial charge >= 0.3 is 0 Å². The predicted octanol–water partition coefficient (Wildman–Crippen LogP) is 2.24. The van der Waals surface area contributed by atoms with Gasteiger partial charge in [0.1, 0.15) is 5.82 Å². The Morgan fingerprint density at radius 1 is 1.61 bits per heavy atom. The number of benzene rings is 1. The molecular weight excluding hydrogens is 255 g/mol. The van der Waals surface area contributed by atoms with Crippen molar-refractivity contribution >= 4 is 17.5 Å². The van der Waals surface area contributed by atoms with Crippen molar-refractivity contribution in [2.45, 2.75) is 31.8 Å². The lowest BCUT2D eigenvalue weighted by Crippen LogP contribution is -2.50. The van der Waals surface area contributed by atoms with Crippen LogP contribution in [0.4, 0.5) is 4.39 Å². The highest BCUT2D eigenvalue weighted by Crippen LogP contribution is 2.19. The van der Waals surface area contributed by atoms with Gasteiger partial charge in [-0.05, 0) is 44.0 Å². The lowest BCUT2D eigenvalue weighted by atomic mass is 9.99. The number of hydrogen-bond donors (Lipinski definition) is 2. The number of carbonyl (C=O) groups is 1. The Morgan fingerprint density at radius 2 is 2.39 bits per heavy atom. The maximum Gasteiger partial charge on any atom is 0.240 e. The van der Waals surface area contributed by atoms with Crippen molar-refractivity contribution in [2.24, 2.45) is 0 Å². The van der Waals surface area contributed by atoms with Crippen LogP contribution in [-0.4, -0.2) is 18.0 Å². The SMILES string of the molecule is CC1(C(=O)NCc2ccc(F)c(Cl)c2)CCCN1. The zero-order chi connectivity index (χ0) is 13.2. The third-order valence-corrected chi connectivity index (χ3v) is 3.60. The van der Waals surface area contributed by atoms with Gasteiger partial charge < -0.3 is 10.6 Å². The van der Waals surface area contributed by atoms with E-state index >= 15 is 0 Å². The molecule has 1 aliphatic rings.